The largest absolute Gasteiger partial charge is 0.395 e. The average Bonchev–Trinajstić information content (AvgIpc) is 2.64. The van der Waals surface area contributed by atoms with Gasteiger partial charge in [0.1, 0.15) is 0 Å². The molecule has 5 heteroatoms. The van der Waals surface area contributed by atoms with Crippen molar-refractivity contribution >= 4 is 0 Å². The van der Waals surface area contributed by atoms with Crippen molar-refractivity contribution in [1.82, 2.24) is 4.90 Å². The standard InChI is InChI=1S/C12H15F2NO2/c13-10-2-1-8(5-11(10)14)12-6-9(17)7-15(12)3-4-16/h1-2,5,9,12,16-17H,3-4,6-7H2/t9-,12-/m0/s1. The van der Waals surface area contributed by atoms with E-state index in [1.54, 1.807) is 0 Å². The number of halogens is 2. The molecule has 1 aliphatic heterocycles. The number of aliphatic hydroxyl groups is 2. The molecule has 2 N–H and O–H groups in total. The SMILES string of the molecule is OCCN1C[C@@H](O)C[C@H]1c1ccc(F)c(F)c1. The monoisotopic (exact) mass is 243 g/mol. The van der Waals surface area contributed by atoms with Crippen molar-refractivity contribution in [2.24, 2.45) is 0 Å². The molecule has 1 fully saturated rings. The summed E-state index contributed by atoms with van der Waals surface area (Å²) in [6.45, 7) is 0.845. The number of hydrogen-bond acceptors (Lipinski definition) is 3. The summed E-state index contributed by atoms with van der Waals surface area (Å²) in [7, 11) is 0. The van der Waals surface area contributed by atoms with Crippen LogP contribution in [0.3, 0.4) is 0 Å². The number of β-amino-alcohol motifs (C(OH)–C–C–N with tert-alkyl or cyclic N) is 2. The summed E-state index contributed by atoms with van der Waals surface area (Å²) in [4.78, 5) is 1.87. The lowest BCUT2D eigenvalue weighted by Gasteiger charge is -2.23. The fourth-order valence-corrected chi connectivity index (χ4v) is 2.32. The zero-order chi connectivity index (χ0) is 12.4. The summed E-state index contributed by atoms with van der Waals surface area (Å²) < 4.78 is 26.0. The molecule has 1 saturated heterocycles. The van der Waals surface area contributed by atoms with Crippen LogP contribution in [0.4, 0.5) is 8.78 Å². The number of hydrogen-bond donors (Lipinski definition) is 2. The Morgan fingerprint density at radius 1 is 1.29 bits per heavy atom. The third-order valence-corrected chi connectivity index (χ3v) is 3.10. The molecule has 0 aromatic heterocycles. The maximum atomic E-state index is 13.1. The lowest BCUT2D eigenvalue weighted by molar-refractivity contribution is 0.156. The molecule has 3 nitrogen and oxygen atoms in total. The van der Waals surface area contributed by atoms with Gasteiger partial charge in [-0.1, -0.05) is 6.07 Å². The van der Waals surface area contributed by atoms with Gasteiger partial charge in [0.15, 0.2) is 11.6 Å². The van der Waals surface area contributed by atoms with Crippen LogP contribution in [0.5, 0.6) is 0 Å². The van der Waals surface area contributed by atoms with Crippen molar-refractivity contribution < 1.29 is 19.0 Å². The van der Waals surface area contributed by atoms with Gasteiger partial charge in [0.2, 0.25) is 0 Å². The lowest BCUT2D eigenvalue weighted by Crippen LogP contribution is -2.27. The van der Waals surface area contributed by atoms with Crippen molar-refractivity contribution in [3.05, 3.63) is 35.4 Å². The van der Waals surface area contributed by atoms with E-state index in [2.05, 4.69) is 0 Å². The van der Waals surface area contributed by atoms with Crippen LogP contribution in [0.15, 0.2) is 18.2 Å². The summed E-state index contributed by atoms with van der Waals surface area (Å²) >= 11 is 0. The molecule has 0 amide bonds. The highest BCUT2D eigenvalue weighted by Crippen LogP contribution is 2.32. The molecule has 17 heavy (non-hydrogen) atoms. The molecule has 1 aromatic rings. The first-order valence-corrected chi connectivity index (χ1v) is 5.59. The Balaban J connectivity index is 2.22. The van der Waals surface area contributed by atoms with Gasteiger partial charge in [-0.2, -0.15) is 0 Å². The van der Waals surface area contributed by atoms with Crippen LogP contribution in [-0.4, -0.2) is 40.9 Å². The van der Waals surface area contributed by atoms with Gasteiger partial charge < -0.3 is 10.2 Å². The number of nitrogens with zero attached hydrogens (tertiary/aromatic N) is 1. The van der Waals surface area contributed by atoms with Crippen LogP contribution in [0.25, 0.3) is 0 Å². The Labute approximate surface area is 98.3 Å². The van der Waals surface area contributed by atoms with E-state index in [-0.39, 0.29) is 12.6 Å². The smallest absolute Gasteiger partial charge is 0.159 e. The van der Waals surface area contributed by atoms with Crippen molar-refractivity contribution in [1.29, 1.82) is 0 Å². The average molecular weight is 243 g/mol. The van der Waals surface area contributed by atoms with Crippen LogP contribution in [0.2, 0.25) is 0 Å². The molecular weight excluding hydrogens is 228 g/mol. The third kappa shape index (κ3) is 2.62. The molecule has 0 aliphatic carbocycles. The molecule has 0 unspecified atom stereocenters. The highest BCUT2D eigenvalue weighted by molar-refractivity contribution is 5.22. The highest BCUT2D eigenvalue weighted by Gasteiger charge is 2.31. The summed E-state index contributed by atoms with van der Waals surface area (Å²) in [5.41, 5.74) is 0.633. The Hall–Kier alpha value is -1.04. The predicted molar refractivity (Wildman–Crippen MR) is 58.4 cm³/mol. The van der Waals surface area contributed by atoms with Gasteiger partial charge in [0, 0.05) is 19.1 Å². The van der Waals surface area contributed by atoms with E-state index in [1.807, 2.05) is 4.90 Å². The fraction of sp³-hybridized carbons (Fsp3) is 0.500. The first kappa shape index (κ1) is 12.4. The van der Waals surface area contributed by atoms with Crippen LogP contribution >= 0.6 is 0 Å². The van der Waals surface area contributed by atoms with Crippen LogP contribution in [-0.2, 0) is 0 Å². The molecule has 94 valence electrons. The van der Waals surface area contributed by atoms with Gasteiger partial charge in [-0.3, -0.25) is 4.90 Å². The molecule has 2 rings (SSSR count). The first-order chi connectivity index (χ1) is 8.11. The molecule has 1 aliphatic rings. The molecule has 0 radical (unpaired) electrons. The third-order valence-electron chi connectivity index (χ3n) is 3.10. The maximum absolute atomic E-state index is 13.1. The second-order valence-electron chi connectivity index (χ2n) is 4.30. The Bertz CT molecular complexity index is 400. The molecule has 0 bridgehead atoms. The van der Waals surface area contributed by atoms with Gasteiger partial charge in [0.05, 0.1) is 12.7 Å². The minimum absolute atomic E-state index is 0.0209. The zero-order valence-electron chi connectivity index (χ0n) is 9.31. The van der Waals surface area contributed by atoms with E-state index >= 15 is 0 Å². The Kier molecular flexibility index (Phi) is 3.71. The number of benzene rings is 1. The highest BCUT2D eigenvalue weighted by atomic mass is 19.2. The summed E-state index contributed by atoms with van der Waals surface area (Å²) in [6.07, 6.45) is -0.00917. The van der Waals surface area contributed by atoms with Gasteiger partial charge in [-0.15, -0.1) is 0 Å². The minimum Gasteiger partial charge on any atom is -0.395 e. The minimum atomic E-state index is -0.882. The quantitative estimate of drug-likeness (QED) is 0.834. The molecule has 1 aromatic carbocycles. The van der Waals surface area contributed by atoms with Crippen molar-refractivity contribution in [2.75, 3.05) is 19.7 Å². The molecule has 0 saturated carbocycles. The number of likely N-dealkylation sites (tertiary alicyclic amines) is 1. The molecule has 1 heterocycles. The summed E-state index contributed by atoms with van der Waals surface area (Å²) in [6, 6.07) is 3.60. The van der Waals surface area contributed by atoms with Crippen molar-refractivity contribution in [2.45, 2.75) is 18.6 Å². The van der Waals surface area contributed by atoms with Crippen molar-refractivity contribution in [3.8, 4) is 0 Å². The van der Waals surface area contributed by atoms with Crippen LogP contribution in [0.1, 0.15) is 18.0 Å². The lowest BCUT2D eigenvalue weighted by atomic mass is 10.0. The van der Waals surface area contributed by atoms with E-state index in [0.717, 1.165) is 12.1 Å². The number of rotatable bonds is 3. The van der Waals surface area contributed by atoms with E-state index in [9.17, 15) is 13.9 Å². The summed E-state index contributed by atoms with van der Waals surface area (Å²) in [5.74, 6) is -1.76. The first-order valence-electron chi connectivity index (χ1n) is 5.59. The van der Waals surface area contributed by atoms with Crippen molar-refractivity contribution in [3.63, 3.8) is 0 Å². The Morgan fingerprint density at radius 2 is 2.06 bits per heavy atom. The molecule has 2 atom stereocenters. The second kappa shape index (κ2) is 5.08. The van der Waals surface area contributed by atoms with Gasteiger partial charge in [0.25, 0.3) is 0 Å². The van der Waals surface area contributed by atoms with Gasteiger partial charge in [-0.25, -0.2) is 8.78 Å². The second-order valence-corrected chi connectivity index (χ2v) is 4.30. The zero-order valence-corrected chi connectivity index (χ0v) is 9.31. The van der Waals surface area contributed by atoms with Gasteiger partial charge in [-0.05, 0) is 24.1 Å². The van der Waals surface area contributed by atoms with Gasteiger partial charge >= 0.3 is 0 Å². The summed E-state index contributed by atoms with van der Waals surface area (Å²) in [5, 5.41) is 18.5. The topological polar surface area (TPSA) is 43.7 Å². The van der Waals surface area contributed by atoms with E-state index < -0.39 is 17.7 Å². The van der Waals surface area contributed by atoms with E-state index in [0.29, 0.717) is 25.1 Å². The maximum Gasteiger partial charge on any atom is 0.159 e. The van der Waals surface area contributed by atoms with E-state index in [4.69, 9.17) is 5.11 Å². The predicted octanol–water partition coefficient (Wildman–Crippen LogP) is 1.06. The normalized spacial score (nSPS) is 25.4. The van der Waals surface area contributed by atoms with E-state index in [1.165, 1.54) is 6.07 Å². The Morgan fingerprint density at radius 3 is 2.71 bits per heavy atom. The molecular formula is C12H15F2NO2. The van der Waals surface area contributed by atoms with Crippen LogP contribution in [0, 0.1) is 11.6 Å². The fourth-order valence-electron chi connectivity index (χ4n) is 2.32. The number of aliphatic hydroxyl groups excluding tert-OH is 2. The van der Waals surface area contributed by atoms with Crippen LogP contribution < -0.4 is 0 Å². The molecule has 0 spiro atoms.